The summed E-state index contributed by atoms with van der Waals surface area (Å²) in [5.74, 6) is -0.784. The maximum atomic E-state index is 11.3. The topological polar surface area (TPSA) is 49.8 Å². The van der Waals surface area contributed by atoms with Gasteiger partial charge in [-0.3, -0.25) is 4.79 Å². The van der Waals surface area contributed by atoms with Gasteiger partial charge in [-0.2, -0.15) is 0 Å². The molecule has 0 bridgehead atoms. The number of anilines is 1. The van der Waals surface area contributed by atoms with Crippen LogP contribution < -0.4 is 4.90 Å². The molecule has 0 aliphatic carbocycles. The zero-order valence-electron chi connectivity index (χ0n) is 10.4. The van der Waals surface area contributed by atoms with Gasteiger partial charge in [0.2, 0.25) is 0 Å². The van der Waals surface area contributed by atoms with Gasteiger partial charge in [0.05, 0.1) is 13.2 Å². The van der Waals surface area contributed by atoms with Crippen LogP contribution in [-0.2, 0) is 9.53 Å². The number of ether oxygens (including phenoxy) is 1. The van der Waals surface area contributed by atoms with E-state index in [1.165, 1.54) is 0 Å². The molecule has 0 saturated carbocycles. The molecule has 0 aromatic heterocycles. The highest BCUT2D eigenvalue weighted by Crippen LogP contribution is 2.32. The molecular weight excluding hydrogens is 298 g/mol. The van der Waals surface area contributed by atoms with Gasteiger partial charge in [0, 0.05) is 23.8 Å². The van der Waals surface area contributed by atoms with Crippen molar-refractivity contribution in [1.29, 1.82) is 0 Å². The molecular formula is C13H16BrNO3. The molecule has 1 aromatic rings. The SMILES string of the molecule is Cc1ccc(Br)cc1N(C)CC1(C(=O)O)COC1. The van der Waals surface area contributed by atoms with Gasteiger partial charge in [-0.25, -0.2) is 0 Å². The average Bonchev–Trinajstić information content (AvgIpc) is 2.26. The first-order valence-electron chi connectivity index (χ1n) is 5.73. The number of nitrogens with zero attached hydrogens (tertiary/aromatic N) is 1. The van der Waals surface area contributed by atoms with Gasteiger partial charge in [-0.05, 0) is 24.6 Å². The first-order chi connectivity index (χ1) is 8.44. The fourth-order valence-electron chi connectivity index (χ4n) is 2.16. The molecule has 0 amide bonds. The summed E-state index contributed by atoms with van der Waals surface area (Å²) >= 11 is 3.44. The Bertz CT molecular complexity index is 471. The fraction of sp³-hybridized carbons (Fsp3) is 0.462. The third-order valence-electron chi connectivity index (χ3n) is 3.33. The molecule has 1 heterocycles. The molecule has 1 aliphatic heterocycles. The molecule has 2 rings (SSSR count). The first kappa shape index (κ1) is 13.4. The highest BCUT2D eigenvalue weighted by molar-refractivity contribution is 9.10. The smallest absolute Gasteiger partial charge is 0.316 e. The number of carboxylic acid groups (broad SMARTS) is 1. The van der Waals surface area contributed by atoms with E-state index in [-0.39, 0.29) is 0 Å². The van der Waals surface area contributed by atoms with Crippen molar-refractivity contribution < 1.29 is 14.6 Å². The summed E-state index contributed by atoms with van der Waals surface area (Å²) in [6.07, 6.45) is 0. The van der Waals surface area contributed by atoms with E-state index < -0.39 is 11.4 Å². The van der Waals surface area contributed by atoms with Crippen LogP contribution in [0.3, 0.4) is 0 Å². The van der Waals surface area contributed by atoms with Crippen molar-refractivity contribution >= 4 is 27.6 Å². The summed E-state index contributed by atoms with van der Waals surface area (Å²) in [4.78, 5) is 13.3. The molecule has 0 spiro atoms. The number of hydrogen-bond acceptors (Lipinski definition) is 3. The van der Waals surface area contributed by atoms with Crippen LogP contribution in [0.5, 0.6) is 0 Å². The molecule has 1 saturated heterocycles. The zero-order valence-corrected chi connectivity index (χ0v) is 12.0. The second kappa shape index (κ2) is 4.90. The summed E-state index contributed by atoms with van der Waals surface area (Å²) < 4.78 is 6.06. The van der Waals surface area contributed by atoms with Crippen molar-refractivity contribution in [2.45, 2.75) is 6.92 Å². The maximum absolute atomic E-state index is 11.3. The van der Waals surface area contributed by atoms with Crippen molar-refractivity contribution in [3.05, 3.63) is 28.2 Å². The Morgan fingerprint density at radius 1 is 1.56 bits per heavy atom. The predicted octanol–water partition coefficient (Wildman–Crippen LogP) is 2.29. The summed E-state index contributed by atoms with van der Waals surface area (Å²) in [5, 5.41) is 9.29. The Kier molecular flexibility index (Phi) is 3.64. The lowest BCUT2D eigenvalue weighted by molar-refractivity contribution is -0.177. The number of carbonyl (C=O) groups is 1. The highest BCUT2D eigenvalue weighted by Gasteiger charge is 2.47. The van der Waals surface area contributed by atoms with Gasteiger partial charge in [0.25, 0.3) is 0 Å². The molecule has 1 aromatic carbocycles. The number of hydrogen-bond donors (Lipinski definition) is 1. The molecule has 0 atom stereocenters. The average molecular weight is 314 g/mol. The van der Waals surface area contributed by atoms with Gasteiger partial charge < -0.3 is 14.7 Å². The van der Waals surface area contributed by atoms with Gasteiger partial charge >= 0.3 is 5.97 Å². The summed E-state index contributed by atoms with van der Waals surface area (Å²) in [5.41, 5.74) is 1.40. The highest BCUT2D eigenvalue weighted by atomic mass is 79.9. The van der Waals surface area contributed by atoms with E-state index in [4.69, 9.17) is 4.74 Å². The van der Waals surface area contributed by atoms with Crippen molar-refractivity contribution in [2.75, 3.05) is 31.7 Å². The monoisotopic (exact) mass is 313 g/mol. The largest absolute Gasteiger partial charge is 0.481 e. The van der Waals surface area contributed by atoms with Crippen LogP contribution in [0.15, 0.2) is 22.7 Å². The van der Waals surface area contributed by atoms with Crippen LogP contribution >= 0.6 is 15.9 Å². The normalized spacial score (nSPS) is 17.1. The predicted molar refractivity (Wildman–Crippen MR) is 73.0 cm³/mol. The Balaban J connectivity index is 2.19. The van der Waals surface area contributed by atoms with Gasteiger partial charge in [0.1, 0.15) is 5.41 Å². The maximum Gasteiger partial charge on any atom is 0.316 e. The van der Waals surface area contributed by atoms with Crippen LogP contribution in [0.25, 0.3) is 0 Å². The third kappa shape index (κ3) is 2.37. The van der Waals surface area contributed by atoms with E-state index in [1.807, 2.05) is 37.1 Å². The summed E-state index contributed by atoms with van der Waals surface area (Å²) in [6, 6.07) is 6.00. The standard InChI is InChI=1S/C13H16BrNO3/c1-9-3-4-10(14)5-11(9)15(2)6-13(12(16)17)7-18-8-13/h3-5H,6-8H2,1-2H3,(H,16,17). The third-order valence-corrected chi connectivity index (χ3v) is 3.83. The van der Waals surface area contributed by atoms with Crippen molar-refractivity contribution in [3.8, 4) is 0 Å². The van der Waals surface area contributed by atoms with E-state index in [0.717, 1.165) is 15.7 Å². The molecule has 1 fully saturated rings. The number of halogens is 1. The van der Waals surface area contributed by atoms with Crippen molar-refractivity contribution in [3.63, 3.8) is 0 Å². The van der Waals surface area contributed by atoms with Crippen LogP contribution in [0.4, 0.5) is 5.69 Å². The number of rotatable bonds is 4. The number of aryl methyl sites for hydroxylation is 1. The van der Waals surface area contributed by atoms with Crippen molar-refractivity contribution in [2.24, 2.45) is 5.41 Å². The number of carboxylic acids is 1. The van der Waals surface area contributed by atoms with Gasteiger partial charge in [-0.15, -0.1) is 0 Å². The molecule has 1 aliphatic rings. The quantitative estimate of drug-likeness (QED) is 0.926. The van der Waals surface area contributed by atoms with E-state index in [0.29, 0.717) is 19.8 Å². The van der Waals surface area contributed by atoms with E-state index >= 15 is 0 Å². The van der Waals surface area contributed by atoms with Crippen LogP contribution in [0, 0.1) is 12.3 Å². The van der Waals surface area contributed by atoms with E-state index in [9.17, 15) is 9.90 Å². The molecule has 4 nitrogen and oxygen atoms in total. The van der Waals surface area contributed by atoms with Gasteiger partial charge in [-0.1, -0.05) is 22.0 Å². The van der Waals surface area contributed by atoms with E-state index in [2.05, 4.69) is 15.9 Å². The molecule has 18 heavy (non-hydrogen) atoms. The van der Waals surface area contributed by atoms with Crippen LogP contribution in [0.2, 0.25) is 0 Å². The minimum absolute atomic E-state index is 0.291. The molecule has 5 heteroatoms. The fourth-order valence-corrected chi connectivity index (χ4v) is 2.51. The van der Waals surface area contributed by atoms with Crippen LogP contribution in [0.1, 0.15) is 5.56 Å². The molecule has 0 radical (unpaired) electrons. The minimum atomic E-state index is -0.784. The number of benzene rings is 1. The number of aliphatic carboxylic acids is 1. The Labute approximate surface area is 115 Å². The second-order valence-corrected chi connectivity index (χ2v) is 5.78. The molecule has 98 valence electrons. The van der Waals surface area contributed by atoms with Crippen LogP contribution in [-0.4, -0.2) is 37.9 Å². The lowest BCUT2D eigenvalue weighted by atomic mass is 9.85. The molecule has 1 N–H and O–H groups in total. The lowest BCUT2D eigenvalue weighted by Gasteiger charge is -2.40. The van der Waals surface area contributed by atoms with Gasteiger partial charge in [0.15, 0.2) is 0 Å². The Morgan fingerprint density at radius 2 is 2.22 bits per heavy atom. The zero-order chi connectivity index (χ0) is 13.3. The summed E-state index contributed by atoms with van der Waals surface area (Å²) in [6.45, 7) is 3.06. The van der Waals surface area contributed by atoms with Crippen molar-refractivity contribution in [1.82, 2.24) is 0 Å². The summed E-state index contributed by atoms with van der Waals surface area (Å²) in [7, 11) is 1.91. The second-order valence-electron chi connectivity index (χ2n) is 4.87. The first-order valence-corrected chi connectivity index (χ1v) is 6.52. The Hall–Kier alpha value is -1.07. The Morgan fingerprint density at radius 3 is 2.72 bits per heavy atom. The lowest BCUT2D eigenvalue weighted by Crippen LogP contribution is -2.55. The molecule has 0 unspecified atom stereocenters. The minimum Gasteiger partial charge on any atom is -0.481 e. The van der Waals surface area contributed by atoms with E-state index in [1.54, 1.807) is 0 Å².